The summed E-state index contributed by atoms with van der Waals surface area (Å²) in [6.45, 7) is 2.37. The third-order valence-electron chi connectivity index (χ3n) is 1.55. The van der Waals surface area contributed by atoms with Crippen LogP contribution in [0.15, 0.2) is 10.7 Å². The second-order valence-electron chi connectivity index (χ2n) is 2.57. The summed E-state index contributed by atoms with van der Waals surface area (Å²) in [7, 11) is 1.55. The maximum absolute atomic E-state index is 11.3. The lowest BCUT2D eigenvalue weighted by Gasteiger charge is -2.03. The van der Waals surface area contributed by atoms with Crippen molar-refractivity contribution in [2.45, 2.75) is 6.92 Å². The molecule has 0 aliphatic carbocycles. The van der Waals surface area contributed by atoms with Gasteiger partial charge in [-0.25, -0.2) is 5.48 Å². The monoisotopic (exact) mass is 200 g/mol. The highest BCUT2D eigenvalue weighted by atomic mass is 16.7. The van der Waals surface area contributed by atoms with E-state index in [2.05, 4.69) is 10.6 Å². The Balaban J connectivity index is 2.32. The molecule has 0 aliphatic rings. The number of carbonyl (C=O) groups excluding carboxylic acids is 1. The third kappa shape index (κ3) is 2.82. The lowest BCUT2D eigenvalue weighted by atomic mass is 10.3. The molecule has 0 unspecified atom stereocenters. The number of nitrogens with one attached hydrogen (secondary N) is 1. The van der Waals surface area contributed by atoms with Gasteiger partial charge in [0.25, 0.3) is 5.91 Å². The highest BCUT2D eigenvalue weighted by Gasteiger charge is 2.12. The first-order valence-corrected chi connectivity index (χ1v) is 4.08. The topological polar surface area (TPSA) is 73.6 Å². The third-order valence-corrected chi connectivity index (χ3v) is 1.55. The van der Waals surface area contributed by atoms with Gasteiger partial charge in [-0.05, 0) is 6.92 Å². The number of amides is 1. The van der Waals surface area contributed by atoms with E-state index >= 15 is 0 Å². The normalized spacial score (nSPS) is 10.1. The number of methoxy groups -OCH3 is 1. The molecule has 1 aromatic heterocycles. The Bertz CT molecular complexity index is 297. The van der Waals surface area contributed by atoms with E-state index in [1.807, 2.05) is 0 Å². The second kappa shape index (κ2) is 5.36. The number of hydrogen-bond donors (Lipinski definition) is 1. The highest BCUT2D eigenvalue weighted by molar-refractivity contribution is 5.93. The second-order valence-corrected chi connectivity index (χ2v) is 2.57. The summed E-state index contributed by atoms with van der Waals surface area (Å²) < 4.78 is 9.45. The van der Waals surface area contributed by atoms with Crippen LogP contribution in [0.4, 0.5) is 0 Å². The molecule has 14 heavy (non-hydrogen) atoms. The first-order valence-electron chi connectivity index (χ1n) is 4.08. The van der Waals surface area contributed by atoms with Crippen LogP contribution in [-0.4, -0.2) is 31.4 Å². The molecule has 0 atom stereocenters. The lowest BCUT2D eigenvalue weighted by Crippen LogP contribution is -2.25. The number of aryl methyl sites for hydroxylation is 1. The van der Waals surface area contributed by atoms with Crippen molar-refractivity contribution in [3.05, 3.63) is 17.5 Å². The standard InChI is InChI=1S/C8H12N2O4/c1-6-7(5-9-14-6)8(11)10-13-4-3-12-2/h5H,3-4H2,1-2H3,(H,10,11). The Morgan fingerprint density at radius 1 is 1.64 bits per heavy atom. The number of aromatic nitrogens is 1. The average molecular weight is 200 g/mol. The maximum Gasteiger partial charge on any atom is 0.280 e. The number of ether oxygens (including phenoxy) is 1. The predicted octanol–water partition coefficient (Wildman–Crippen LogP) is 0.291. The number of carbonyl (C=O) groups is 1. The van der Waals surface area contributed by atoms with E-state index in [1.165, 1.54) is 6.20 Å². The highest BCUT2D eigenvalue weighted by Crippen LogP contribution is 2.04. The Hall–Kier alpha value is -1.40. The minimum Gasteiger partial charge on any atom is -0.382 e. The van der Waals surface area contributed by atoms with Gasteiger partial charge in [-0.2, -0.15) is 0 Å². The molecule has 6 heteroatoms. The molecule has 0 spiro atoms. The Morgan fingerprint density at radius 3 is 3.00 bits per heavy atom. The van der Waals surface area contributed by atoms with Gasteiger partial charge in [0.2, 0.25) is 0 Å². The molecule has 6 nitrogen and oxygen atoms in total. The molecule has 0 saturated carbocycles. The molecule has 1 heterocycles. The molecule has 0 fully saturated rings. The molecule has 1 rings (SSSR count). The van der Waals surface area contributed by atoms with Crippen molar-refractivity contribution in [2.75, 3.05) is 20.3 Å². The minimum absolute atomic E-state index is 0.298. The summed E-state index contributed by atoms with van der Waals surface area (Å²) >= 11 is 0. The summed E-state index contributed by atoms with van der Waals surface area (Å²) in [5, 5.41) is 3.47. The van der Waals surface area contributed by atoms with Crippen LogP contribution >= 0.6 is 0 Å². The molecule has 1 amide bonds. The zero-order valence-corrected chi connectivity index (χ0v) is 8.07. The van der Waals surface area contributed by atoms with Crippen LogP contribution in [0, 0.1) is 6.92 Å². The van der Waals surface area contributed by atoms with E-state index in [0.29, 0.717) is 24.5 Å². The molecular weight excluding hydrogens is 188 g/mol. The van der Waals surface area contributed by atoms with Gasteiger partial charge in [0.1, 0.15) is 11.3 Å². The molecule has 0 aromatic carbocycles. The molecule has 0 saturated heterocycles. The van der Waals surface area contributed by atoms with Gasteiger partial charge in [-0.1, -0.05) is 5.16 Å². The fourth-order valence-electron chi connectivity index (χ4n) is 0.813. The van der Waals surface area contributed by atoms with Crippen LogP contribution in [0.3, 0.4) is 0 Å². The minimum atomic E-state index is -0.375. The van der Waals surface area contributed by atoms with Crippen LogP contribution in [0.5, 0.6) is 0 Å². The molecule has 0 bridgehead atoms. The van der Waals surface area contributed by atoms with Gasteiger partial charge in [0.15, 0.2) is 0 Å². The van der Waals surface area contributed by atoms with Gasteiger partial charge < -0.3 is 9.26 Å². The van der Waals surface area contributed by atoms with E-state index in [4.69, 9.17) is 14.1 Å². The van der Waals surface area contributed by atoms with E-state index < -0.39 is 0 Å². The zero-order chi connectivity index (χ0) is 10.4. The molecule has 0 aliphatic heterocycles. The van der Waals surface area contributed by atoms with Gasteiger partial charge in [0, 0.05) is 7.11 Å². The molecule has 0 radical (unpaired) electrons. The van der Waals surface area contributed by atoms with E-state index in [9.17, 15) is 4.79 Å². The van der Waals surface area contributed by atoms with Crippen LogP contribution in [0.1, 0.15) is 16.1 Å². The first-order chi connectivity index (χ1) is 6.75. The molecule has 78 valence electrons. The van der Waals surface area contributed by atoms with Crippen LogP contribution in [-0.2, 0) is 9.57 Å². The maximum atomic E-state index is 11.3. The van der Waals surface area contributed by atoms with E-state index in [1.54, 1.807) is 14.0 Å². The summed E-state index contributed by atoms with van der Waals surface area (Å²) in [4.78, 5) is 16.1. The molecule has 1 N–H and O–H groups in total. The fraction of sp³-hybridized carbons (Fsp3) is 0.500. The van der Waals surface area contributed by atoms with Gasteiger partial charge in [-0.15, -0.1) is 0 Å². The quantitative estimate of drug-likeness (QED) is 0.546. The van der Waals surface area contributed by atoms with Crippen molar-refractivity contribution < 1.29 is 18.9 Å². The summed E-state index contributed by atoms with van der Waals surface area (Å²) in [6, 6.07) is 0. The van der Waals surface area contributed by atoms with Gasteiger partial charge >= 0.3 is 0 Å². The smallest absolute Gasteiger partial charge is 0.280 e. The molecular formula is C8H12N2O4. The average Bonchev–Trinajstić information content (AvgIpc) is 2.59. The Kier molecular flexibility index (Phi) is 4.09. The van der Waals surface area contributed by atoms with Crippen molar-refractivity contribution in [3.8, 4) is 0 Å². The van der Waals surface area contributed by atoms with Crippen molar-refractivity contribution in [1.29, 1.82) is 0 Å². The predicted molar refractivity (Wildman–Crippen MR) is 46.5 cm³/mol. The molecule has 1 aromatic rings. The van der Waals surface area contributed by atoms with Crippen LogP contribution < -0.4 is 5.48 Å². The van der Waals surface area contributed by atoms with Gasteiger partial charge in [0.05, 0.1) is 19.4 Å². The van der Waals surface area contributed by atoms with Gasteiger partial charge in [-0.3, -0.25) is 9.63 Å². The van der Waals surface area contributed by atoms with E-state index in [0.717, 1.165) is 0 Å². The summed E-state index contributed by atoms with van der Waals surface area (Å²) in [6.07, 6.45) is 1.34. The summed E-state index contributed by atoms with van der Waals surface area (Å²) in [5.41, 5.74) is 2.61. The van der Waals surface area contributed by atoms with Crippen LogP contribution in [0.2, 0.25) is 0 Å². The van der Waals surface area contributed by atoms with Crippen LogP contribution in [0.25, 0.3) is 0 Å². The largest absolute Gasteiger partial charge is 0.382 e. The Morgan fingerprint density at radius 2 is 2.43 bits per heavy atom. The number of rotatable bonds is 5. The first kappa shape index (κ1) is 10.7. The number of nitrogens with zero attached hydrogens (tertiary/aromatic N) is 1. The van der Waals surface area contributed by atoms with Crippen molar-refractivity contribution in [1.82, 2.24) is 10.6 Å². The van der Waals surface area contributed by atoms with Crippen molar-refractivity contribution in [2.24, 2.45) is 0 Å². The summed E-state index contributed by atoms with van der Waals surface area (Å²) in [5.74, 6) is 0.0812. The van der Waals surface area contributed by atoms with E-state index in [-0.39, 0.29) is 5.91 Å². The number of hydroxylamine groups is 1. The zero-order valence-electron chi connectivity index (χ0n) is 8.07. The fourth-order valence-corrected chi connectivity index (χ4v) is 0.813. The number of hydrogen-bond acceptors (Lipinski definition) is 5. The van der Waals surface area contributed by atoms with Crippen molar-refractivity contribution in [3.63, 3.8) is 0 Å². The SMILES string of the molecule is COCCONC(=O)c1cnoc1C. The van der Waals surface area contributed by atoms with Crippen molar-refractivity contribution >= 4 is 5.91 Å². The Labute approximate surface area is 81.1 Å². The lowest BCUT2D eigenvalue weighted by molar-refractivity contribution is 0.00880.